The molecule has 2 rings (SSSR count). The molecule has 0 spiro atoms. The summed E-state index contributed by atoms with van der Waals surface area (Å²) in [5.74, 6) is 5.40. The van der Waals surface area contributed by atoms with Crippen LogP contribution in [0.15, 0.2) is 36.5 Å². The number of benzene rings is 1. The number of aromatic nitrogens is 1. The number of hydrogen-bond acceptors (Lipinski definition) is 3. The van der Waals surface area contributed by atoms with E-state index in [2.05, 4.69) is 10.4 Å². The Bertz CT molecular complexity index is 569. The van der Waals surface area contributed by atoms with E-state index >= 15 is 0 Å². The molecule has 0 aliphatic carbocycles. The van der Waals surface area contributed by atoms with Gasteiger partial charge in [0.2, 0.25) is 0 Å². The van der Waals surface area contributed by atoms with E-state index in [1.165, 1.54) is 6.07 Å². The van der Waals surface area contributed by atoms with Crippen molar-refractivity contribution in [3.63, 3.8) is 0 Å². The van der Waals surface area contributed by atoms with Crippen LogP contribution >= 0.6 is 0 Å². The first-order valence-electron chi connectivity index (χ1n) is 6.24. The summed E-state index contributed by atoms with van der Waals surface area (Å²) in [6.07, 6.45) is 2.35. The fourth-order valence-corrected chi connectivity index (χ4v) is 2.18. The zero-order valence-corrected chi connectivity index (χ0v) is 11.2. The summed E-state index contributed by atoms with van der Waals surface area (Å²) in [5.41, 5.74) is 6.72. The Hall–Kier alpha value is -1.78. The average molecular weight is 259 g/mol. The van der Waals surface area contributed by atoms with Gasteiger partial charge in [-0.3, -0.25) is 16.3 Å². The normalized spacial score (nSPS) is 12.4. The van der Waals surface area contributed by atoms with E-state index in [0.29, 0.717) is 6.42 Å². The van der Waals surface area contributed by atoms with Gasteiger partial charge in [-0.15, -0.1) is 0 Å². The Morgan fingerprint density at radius 1 is 1.26 bits per heavy atom. The van der Waals surface area contributed by atoms with E-state index in [4.69, 9.17) is 5.84 Å². The van der Waals surface area contributed by atoms with Gasteiger partial charge in [-0.1, -0.05) is 12.1 Å². The lowest BCUT2D eigenvalue weighted by molar-refractivity contribution is 0.531. The van der Waals surface area contributed by atoms with Crippen molar-refractivity contribution in [3.8, 4) is 0 Å². The van der Waals surface area contributed by atoms with Gasteiger partial charge in [0, 0.05) is 6.20 Å². The molecule has 19 heavy (non-hydrogen) atoms. The molecule has 0 saturated carbocycles. The number of halogens is 1. The molecule has 0 radical (unpaired) electrons. The van der Waals surface area contributed by atoms with Crippen LogP contribution in [0.2, 0.25) is 0 Å². The highest BCUT2D eigenvalue weighted by Crippen LogP contribution is 2.21. The summed E-state index contributed by atoms with van der Waals surface area (Å²) in [5, 5.41) is 0. The Morgan fingerprint density at radius 2 is 2.05 bits per heavy atom. The first-order chi connectivity index (χ1) is 9.11. The Morgan fingerprint density at radius 3 is 2.74 bits per heavy atom. The third kappa shape index (κ3) is 3.16. The molecule has 3 nitrogen and oxygen atoms in total. The largest absolute Gasteiger partial charge is 0.271 e. The summed E-state index contributed by atoms with van der Waals surface area (Å²) >= 11 is 0. The minimum Gasteiger partial charge on any atom is -0.271 e. The first kappa shape index (κ1) is 13.6. The van der Waals surface area contributed by atoms with E-state index in [9.17, 15) is 4.39 Å². The van der Waals surface area contributed by atoms with Crippen molar-refractivity contribution < 1.29 is 4.39 Å². The molecule has 0 aliphatic heterocycles. The second-order valence-electron chi connectivity index (χ2n) is 4.70. The fourth-order valence-electron chi connectivity index (χ4n) is 2.18. The zero-order chi connectivity index (χ0) is 13.8. The maximum absolute atomic E-state index is 13.3. The number of aryl methyl sites for hydroxylation is 2. The van der Waals surface area contributed by atoms with E-state index in [0.717, 1.165) is 22.4 Å². The maximum Gasteiger partial charge on any atom is 0.123 e. The molecular formula is C15H18FN3. The Labute approximate surface area is 112 Å². The van der Waals surface area contributed by atoms with Gasteiger partial charge in [-0.05, 0) is 55.2 Å². The van der Waals surface area contributed by atoms with Crippen molar-refractivity contribution in [1.82, 2.24) is 10.4 Å². The molecule has 1 heterocycles. The van der Waals surface area contributed by atoms with E-state index in [1.54, 1.807) is 18.3 Å². The fraction of sp³-hybridized carbons (Fsp3) is 0.267. The molecule has 0 fully saturated rings. The zero-order valence-electron chi connectivity index (χ0n) is 11.2. The van der Waals surface area contributed by atoms with E-state index < -0.39 is 0 Å². The van der Waals surface area contributed by atoms with Crippen LogP contribution in [-0.4, -0.2) is 4.98 Å². The predicted octanol–water partition coefficient (Wildman–Crippen LogP) is 2.58. The number of hydrogen-bond donors (Lipinski definition) is 2. The van der Waals surface area contributed by atoms with Crippen LogP contribution in [0.1, 0.15) is 28.4 Å². The number of hydrazine groups is 1. The van der Waals surface area contributed by atoms with Crippen molar-refractivity contribution in [1.29, 1.82) is 0 Å². The van der Waals surface area contributed by atoms with Crippen LogP contribution in [0, 0.1) is 19.7 Å². The van der Waals surface area contributed by atoms with Crippen LogP contribution in [0.3, 0.4) is 0 Å². The molecule has 0 bridgehead atoms. The van der Waals surface area contributed by atoms with Crippen molar-refractivity contribution in [2.75, 3.05) is 0 Å². The molecule has 0 saturated heterocycles. The molecule has 1 atom stereocenters. The molecule has 1 aromatic heterocycles. The van der Waals surface area contributed by atoms with Crippen LogP contribution in [0.25, 0.3) is 0 Å². The average Bonchev–Trinajstić information content (AvgIpc) is 2.41. The summed E-state index contributed by atoms with van der Waals surface area (Å²) < 4.78 is 13.3. The van der Waals surface area contributed by atoms with Crippen molar-refractivity contribution in [2.45, 2.75) is 26.3 Å². The van der Waals surface area contributed by atoms with E-state index in [1.807, 2.05) is 26.0 Å². The summed E-state index contributed by atoms with van der Waals surface area (Å²) in [6, 6.07) is 8.56. The maximum atomic E-state index is 13.3. The van der Waals surface area contributed by atoms with Crippen molar-refractivity contribution in [2.24, 2.45) is 5.84 Å². The van der Waals surface area contributed by atoms with Gasteiger partial charge in [0.05, 0.1) is 11.7 Å². The van der Waals surface area contributed by atoms with Crippen LogP contribution < -0.4 is 11.3 Å². The third-order valence-corrected chi connectivity index (χ3v) is 3.32. The summed E-state index contributed by atoms with van der Waals surface area (Å²) in [6.45, 7) is 3.96. The van der Waals surface area contributed by atoms with Gasteiger partial charge in [-0.25, -0.2) is 4.39 Å². The van der Waals surface area contributed by atoms with Crippen molar-refractivity contribution in [3.05, 3.63) is 64.7 Å². The third-order valence-electron chi connectivity index (χ3n) is 3.32. The number of nitrogens with two attached hydrogens (primary N) is 1. The van der Waals surface area contributed by atoms with Crippen molar-refractivity contribution >= 4 is 0 Å². The minimum absolute atomic E-state index is 0.123. The molecule has 2 aromatic rings. The number of rotatable bonds is 4. The Balaban J connectivity index is 2.29. The summed E-state index contributed by atoms with van der Waals surface area (Å²) in [4.78, 5) is 4.36. The molecule has 1 aromatic carbocycles. The van der Waals surface area contributed by atoms with Crippen LogP contribution in [-0.2, 0) is 6.42 Å². The van der Waals surface area contributed by atoms with Gasteiger partial charge in [-0.2, -0.15) is 0 Å². The highest BCUT2D eigenvalue weighted by Gasteiger charge is 2.15. The standard InChI is InChI=1S/C15H18FN3/c1-10-5-6-13(16)8-12(10)9-14(19-17)15-11(2)4-3-7-18-15/h3-8,14,19H,9,17H2,1-2H3. The first-order valence-corrected chi connectivity index (χ1v) is 6.24. The second-order valence-corrected chi connectivity index (χ2v) is 4.70. The molecule has 0 aliphatic rings. The van der Waals surface area contributed by atoms with Crippen LogP contribution in [0.4, 0.5) is 4.39 Å². The quantitative estimate of drug-likeness (QED) is 0.655. The number of nitrogens with zero attached hydrogens (tertiary/aromatic N) is 1. The smallest absolute Gasteiger partial charge is 0.123 e. The highest BCUT2D eigenvalue weighted by molar-refractivity contribution is 5.30. The monoisotopic (exact) mass is 259 g/mol. The SMILES string of the molecule is Cc1ccc(F)cc1CC(NN)c1ncccc1C. The van der Waals surface area contributed by atoms with Gasteiger partial charge in [0.25, 0.3) is 0 Å². The molecule has 100 valence electrons. The van der Waals surface area contributed by atoms with Gasteiger partial charge < -0.3 is 0 Å². The molecular weight excluding hydrogens is 241 g/mol. The predicted molar refractivity (Wildman–Crippen MR) is 73.9 cm³/mol. The summed E-state index contributed by atoms with van der Waals surface area (Å²) in [7, 11) is 0. The van der Waals surface area contributed by atoms with E-state index in [-0.39, 0.29) is 11.9 Å². The lowest BCUT2D eigenvalue weighted by Gasteiger charge is -2.18. The Kier molecular flexibility index (Phi) is 4.24. The highest BCUT2D eigenvalue weighted by atomic mass is 19.1. The minimum atomic E-state index is -0.228. The topological polar surface area (TPSA) is 50.9 Å². The number of pyridine rings is 1. The molecule has 0 amide bonds. The molecule has 4 heteroatoms. The molecule has 3 N–H and O–H groups in total. The van der Waals surface area contributed by atoms with Gasteiger partial charge in [0.15, 0.2) is 0 Å². The lowest BCUT2D eigenvalue weighted by Crippen LogP contribution is -2.31. The van der Waals surface area contributed by atoms with Crippen LogP contribution in [0.5, 0.6) is 0 Å². The number of nitrogens with one attached hydrogen (secondary N) is 1. The van der Waals surface area contributed by atoms with Gasteiger partial charge in [0.1, 0.15) is 5.82 Å². The second kappa shape index (κ2) is 5.91. The molecule has 1 unspecified atom stereocenters. The van der Waals surface area contributed by atoms with Gasteiger partial charge >= 0.3 is 0 Å². The lowest BCUT2D eigenvalue weighted by atomic mass is 9.97.